The Morgan fingerprint density at radius 3 is 1.83 bits per heavy atom. The molecule has 36 heavy (non-hydrogen) atoms. The van der Waals surface area contributed by atoms with E-state index in [4.69, 9.17) is 4.74 Å². The van der Waals surface area contributed by atoms with Crippen molar-refractivity contribution in [2.45, 2.75) is 12.5 Å². The van der Waals surface area contributed by atoms with E-state index in [0.717, 1.165) is 16.0 Å². The van der Waals surface area contributed by atoms with Gasteiger partial charge < -0.3 is 20.7 Å². The second kappa shape index (κ2) is 11.8. The third-order valence-electron chi connectivity index (χ3n) is 5.54. The molecule has 3 aromatic carbocycles. The van der Waals surface area contributed by atoms with Crippen molar-refractivity contribution < 1.29 is 23.9 Å². The molecule has 0 atom stereocenters. The summed E-state index contributed by atoms with van der Waals surface area (Å²) in [4.78, 5) is 48.8. The number of carbonyl (C=O) groups is 4. The maximum Gasteiger partial charge on any atom is 0.324 e. The highest BCUT2D eigenvalue weighted by molar-refractivity contribution is 6.02. The van der Waals surface area contributed by atoms with Crippen molar-refractivity contribution in [3.8, 4) is 0 Å². The van der Waals surface area contributed by atoms with Gasteiger partial charge in [0.1, 0.15) is 12.7 Å². The van der Waals surface area contributed by atoms with Crippen LogP contribution in [-0.2, 0) is 19.1 Å². The lowest BCUT2D eigenvalue weighted by Gasteiger charge is -2.19. The smallest absolute Gasteiger partial charge is 0.324 e. The lowest BCUT2D eigenvalue weighted by Crippen LogP contribution is -2.33. The number of nitrogens with zero attached hydrogens (tertiary/aromatic N) is 1. The third-order valence-corrected chi connectivity index (χ3v) is 5.54. The van der Waals surface area contributed by atoms with Gasteiger partial charge in [-0.3, -0.25) is 19.3 Å². The van der Waals surface area contributed by atoms with Gasteiger partial charge in [0.05, 0.1) is 6.54 Å². The lowest BCUT2D eigenvalue weighted by molar-refractivity contribution is -0.125. The van der Waals surface area contributed by atoms with Crippen LogP contribution in [0.4, 0.5) is 16.2 Å². The molecular formula is C27H26N4O5. The summed E-state index contributed by atoms with van der Waals surface area (Å²) in [7, 11) is 0. The Hall–Kier alpha value is -4.50. The van der Waals surface area contributed by atoms with Crippen LogP contribution in [-0.4, -0.2) is 48.3 Å². The highest BCUT2D eigenvalue weighted by Crippen LogP contribution is 2.25. The highest BCUT2D eigenvalue weighted by atomic mass is 16.5. The average Bonchev–Trinajstić information content (AvgIpc) is 3.22. The van der Waals surface area contributed by atoms with E-state index in [9.17, 15) is 19.2 Å². The minimum absolute atomic E-state index is 0.0115. The van der Waals surface area contributed by atoms with E-state index in [1.807, 2.05) is 60.7 Å². The van der Waals surface area contributed by atoms with Crippen LogP contribution in [0.3, 0.4) is 0 Å². The van der Waals surface area contributed by atoms with Crippen molar-refractivity contribution in [1.82, 2.24) is 10.2 Å². The fourth-order valence-electron chi connectivity index (χ4n) is 3.75. The van der Waals surface area contributed by atoms with Gasteiger partial charge in [-0.2, -0.15) is 0 Å². The monoisotopic (exact) mass is 486 g/mol. The number of urea groups is 1. The molecule has 9 heteroatoms. The van der Waals surface area contributed by atoms with Crippen molar-refractivity contribution in [3.05, 3.63) is 96.1 Å². The van der Waals surface area contributed by atoms with Crippen molar-refractivity contribution in [1.29, 1.82) is 0 Å². The Morgan fingerprint density at radius 1 is 0.806 bits per heavy atom. The van der Waals surface area contributed by atoms with E-state index in [-0.39, 0.29) is 49.9 Å². The summed E-state index contributed by atoms with van der Waals surface area (Å²) in [6.45, 7) is -0.175. The van der Waals surface area contributed by atoms with E-state index >= 15 is 0 Å². The molecule has 0 spiro atoms. The van der Waals surface area contributed by atoms with Gasteiger partial charge in [0.2, 0.25) is 17.7 Å². The van der Waals surface area contributed by atoms with Crippen molar-refractivity contribution >= 4 is 35.1 Å². The minimum Gasteiger partial charge on any atom is -0.359 e. The average molecular weight is 487 g/mol. The maximum atomic E-state index is 12.5. The van der Waals surface area contributed by atoms with Crippen LogP contribution in [0.15, 0.2) is 84.9 Å². The molecule has 0 bridgehead atoms. The summed E-state index contributed by atoms with van der Waals surface area (Å²) in [6.07, 6.45) is -0.392. The summed E-state index contributed by atoms with van der Waals surface area (Å²) in [5.41, 5.74) is 2.98. The van der Waals surface area contributed by atoms with Crippen LogP contribution >= 0.6 is 0 Å². The standard InChI is InChI=1S/C27H26N4O5/c32-23(15-16-31-25(34)17-28-27(31)35)29-21-11-13-22(14-12-21)30-24(33)18-36-26(19-7-3-1-4-8-19)20-9-5-2-6-10-20/h1-14,26H,15-18H2,(H,28,35)(H,29,32)(H,30,33). The predicted octanol–water partition coefficient (Wildman–Crippen LogP) is 3.31. The Morgan fingerprint density at radius 2 is 1.33 bits per heavy atom. The Balaban J connectivity index is 1.27. The van der Waals surface area contributed by atoms with Crippen LogP contribution in [0, 0.1) is 0 Å². The second-order valence-electron chi connectivity index (χ2n) is 8.14. The zero-order valence-corrected chi connectivity index (χ0v) is 19.5. The van der Waals surface area contributed by atoms with Gasteiger partial charge in [-0.1, -0.05) is 60.7 Å². The zero-order valence-electron chi connectivity index (χ0n) is 19.5. The molecule has 1 heterocycles. The molecule has 5 amide bonds. The Kier molecular flexibility index (Phi) is 8.05. The number of rotatable bonds is 10. The van der Waals surface area contributed by atoms with Crippen LogP contribution in [0.1, 0.15) is 23.7 Å². The van der Waals surface area contributed by atoms with Gasteiger partial charge in [-0.25, -0.2) is 4.79 Å². The molecule has 0 aromatic heterocycles. The largest absolute Gasteiger partial charge is 0.359 e. The van der Waals surface area contributed by atoms with E-state index in [0.29, 0.717) is 11.4 Å². The van der Waals surface area contributed by atoms with E-state index in [1.54, 1.807) is 24.3 Å². The number of imide groups is 1. The number of nitrogens with one attached hydrogen (secondary N) is 3. The molecule has 1 saturated heterocycles. The number of carbonyl (C=O) groups excluding carboxylic acids is 4. The molecule has 0 radical (unpaired) electrons. The van der Waals surface area contributed by atoms with Gasteiger partial charge in [0.15, 0.2) is 0 Å². The number of amides is 5. The SMILES string of the molecule is O=C(CCN1C(=O)CNC1=O)Nc1ccc(NC(=O)COC(c2ccccc2)c2ccccc2)cc1. The predicted molar refractivity (Wildman–Crippen MR) is 134 cm³/mol. The first-order chi connectivity index (χ1) is 17.5. The molecule has 184 valence electrons. The minimum atomic E-state index is -0.490. The molecule has 3 N–H and O–H groups in total. The van der Waals surface area contributed by atoms with E-state index in [2.05, 4.69) is 16.0 Å². The molecular weight excluding hydrogens is 460 g/mol. The summed E-state index contributed by atoms with van der Waals surface area (Å²) < 4.78 is 5.98. The van der Waals surface area contributed by atoms with E-state index < -0.39 is 6.03 Å². The molecule has 0 aliphatic carbocycles. The summed E-state index contributed by atoms with van der Waals surface area (Å²) in [5.74, 6) is -0.992. The number of hydrogen-bond donors (Lipinski definition) is 3. The van der Waals surface area contributed by atoms with Crippen molar-refractivity contribution in [2.24, 2.45) is 0 Å². The maximum absolute atomic E-state index is 12.5. The van der Waals surface area contributed by atoms with Crippen LogP contribution < -0.4 is 16.0 Å². The Labute approximate surface area is 208 Å². The first-order valence-electron chi connectivity index (χ1n) is 11.5. The van der Waals surface area contributed by atoms with Gasteiger partial charge >= 0.3 is 6.03 Å². The second-order valence-corrected chi connectivity index (χ2v) is 8.14. The number of anilines is 2. The first kappa shape index (κ1) is 24.6. The molecule has 0 unspecified atom stereocenters. The lowest BCUT2D eigenvalue weighted by atomic mass is 10.0. The number of benzene rings is 3. The summed E-state index contributed by atoms with van der Waals surface area (Å²) in [5, 5.41) is 7.90. The quantitative estimate of drug-likeness (QED) is 0.380. The van der Waals surface area contributed by atoms with Crippen molar-refractivity contribution in [3.63, 3.8) is 0 Å². The molecule has 1 aliphatic heterocycles. The molecule has 9 nitrogen and oxygen atoms in total. The van der Waals surface area contributed by atoms with Gasteiger partial charge in [-0.05, 0) is 35.4 Å². The van der Waals surface area contributed by atoms with Crippen LogP contribution in [0.5, 0.6) is 0 Å². The van der Waals surface area contributed by atoms with Crippen LogP contribution in [0.2, 0.25) is 0 Å². The molecule has 1 aliphatic rings. The normalized spacial score (nSPS) is 13.0. The van der Waals surface area contributed by atoms with E-state index in [1.165, 1.54) is 0 Å². The Bertz CT molecular complexity index is 1160. The first-order valence-corrected chi connectivity index (χ1v) is 11.5. The molecule has 1 fully saturated rings. The van der Waals surface area contributed by atoms with Crippen LogP contribution in [0.25, 0.3) is 0 Å². The summed E-state index contributed by atoms with van der Waals surface area (Å²) >= 11 is 0. The fraction of sp³-hybridized carbons (Fsp3) is 0.185. The highest BCUT2D eigenvalue weighted by Gasteiger charge is 2.28. The number of ether oxygens (including phenoxy) is 1. The fourth-order valence-corrected chi connectivity index (χ4v) is 3.75. The van der Waals surface area contributed by atoms with Gasteiger partial charge in [0, 0.05) is 24.3 Å². The van der Waals surface area contributed by atoms with Crippen molar-refractivity contribution in [2.75, 3.05) is 30.3 Å². The summed E-state index contributed by atoms with van der Waals surface area (Å²) in [6, 6.07) is 25.5. The van der Waals surface area contributed by atoms with Gasteiger partial charge in [0.25, 0.3) is 0 Å². The topological polar surface area (TPSA) is 117 Å². The third kappa shape index (κ3) is 6.55. The molecule has 3 aromatic rings. The molecule has 0 saturated carbocycles. The molecule has 4 rings (SSSR count). The zero-order chi connectivity index (χ0) is 25.3. The van der Waals surface area contributed by atoms with Gasteiger partial charge in [-0.15, -0.1) is 0 Å². The number of hydrogen-bond acceptors (Lipinski definition) is 5.